The number of hydrogen-bond donors (Lipinski definition) is 2. The standard InChI is InChI=1S/C20H17N3O4S/c1-27-13-7-8-16-17(10-13)28-20-21-12(11-23(16)20)6-9-18(24)22-15-5-3-2-4-14(15)19(25)26/h2-5,7-8,10-11H,6,9H2,1H3,(H,22,24)(H,25,26). The van der Waals surface area contributed by atoms with E-state index in [1.54, 1.807) is 36.6 Å². The van der Waals surface area contributed by atoms with E-state index in [-0.39, 0.29) is 17.9 Å². The second-order valence-corrected chi connectivity index (χ2v) is 7.23. The number of carboxylic acids is 1. The Hall–Kier alpha value is -3.39. The van der Waals surface area contributed by atoms with Gasteiger partial charge >= 0.3 is 5.97 Å². The molecule has 2 aromatic heterocycles. The maximum Gasteiger partial charge on any atom is 0.337 e. The van der Waals surface area contributed by atoms with Crippen LogP contribution in [0.3, 0.4) is 0 Å². The fourth-order valence-corrected chi connectivity index (χ4v) is 4.06. The number of methoxy groups -OCH3 is 1. The topological polar surface area (TPSA) is 92.9 Å². The average molecular weight is 395 g/mol. The Balaban J connectivity index is 1.47. The predicted molar refractivity (Wildman–Crippen MR) is 107 cm³/mol. The summed E-state index contributed by atoms with van der Waals surface area (Å²) in [6.45, 7) is 0. The van der Waals surface area contributed by atoms with Gasteiger partial charge in [-0.1, -0.05) is 23.5 Å². The molecule has 0 bridgehead atoms. The van der Waals surface area contributed by atoms with Gasteiger partial charge in [0.15, 0.2) is 4.96 Å². The summed E-state index contributed by atoms with van der Waals surface area (Å²) in [5.41, 5.74) is 2.22. The molecule has 2 heterocycles. The van der Waals surface area contributed by atoms with Gasteiger partial charge in [-0.2, -0.15) is 0 Å². The lowest BCUT2D eigenvalue weighted by atomic mass is 10.1. The zero-order chi connectivity index (χ0) is 19.7. The number of imidazole rings is 1. The van der Waals surface area contributed by atoms with Gasteiger partial charge in [0.2, 0.25) is 5.91 Å². The van der Waals surface area contributed by atoms with Crippen LogP contribution in [0.15, 0.2) is 48.7 Å². The maximum atomic E-state index is 12.2. The van der Waals surface area contributed by atoms with E-state index in [1.807, 2.05) is 28.8 Å². The third-order valence-electron chi connectivity index (χ3n) is 4.39. The molecule has 0 aliphatic heterocycles. The van der Waals surface area contributed by atoms with E-state index in [1.165, 1.54) is 6.07 Å². The van der Waals surface area contributed by atoms with Crippen LogP contribution in [0.1, 0.15) is 22.5 Å². The van der Waals surface area contributed by atoms with Crippen molar-refractivity contribution < 1.29 is 19.4 Å². The molecule has 7 nitrogen and oxygen atoms in total. The zero-order valence-electron chi connectivity index (χ0n) is 15.0. The van der Waals surface area contributed by atoms with Crippen LogP contribution in [-0.4, -0.2) is 33.5 Å². The Morgan fingerprint density at radius 1 is 1.25 bits per heavy atom. The molecule has 1 amide bonds. The molecule has 0 saturated carbocycles. The number of aromatic carboxylic acids is 1. The van der Waals surface area contributed by atoms with Crippen molar-refractivity contribution >= 4 is 44.1 Å². The quantitative estimate of drug-likeness (QED) is 0.518. The highest BCUT2D eigenvalue weighted by Crippen LogP contribution is 2.29. The normalized spacial score (nSPS) is 11.0. The highest BCUT2D eigenvalue weighted by atomic mass is 32.1. The third kappa shape index (κ3) is 3.41. The number of aryl methyl sites for hydroxylation is 1. The molecule has 4 aromatic rings. The number of hydrogen-bond acceptors (Lipinski definition) is 5. The molecule has 8 heteroatoms. The monoisotopic (exact) mass is 395 g/mol. The highest BCUT2D eigenvalue weighted by Gasteiger charge is 2.14. The van der Waals surface area contributed by atoms with Gasteiger partial charge in [-0.25, -0.2) is 9.78 Å². The van der Waals surface area contributed by atoms with Crippen LogP contribution >= 0.6 is 11.3 Å². The first kappa shape index (κ1) is 18.0. The second-order valence-electron chi connectivity index (χ2n) is 6.22. The lowest BCUT2D eigenvalue weighted by Gasteiger charge is -2.07. The minimum absolute atomic E-state index is 0.0697. The minimum atomic E-state index is -1.08. The van der Waals surface area contributed by atoms with Crippen LogP contribution in [0.4, 0.5) is 5.69 Å². The Bertz CT molecular complexity index is 1190. The van der Waals surface area contributed by atoms with Gasteiger partial charge < -0.3 is 15.2 Å². The average Bonchev–Trinajstić information content (AvgIpc) is 3.23. The Morgan fingerprint density at radius 3 is 2.86 bits per heavy atom. The number of para-hydroxylation sites is 1. The van der Waals surface area contributed by atoms with Crippen LogP contribution in [-0.2, 0) is 11.2 Å². The molecule has 0 spiro atoms. The van der Waals surface area contributed by atoms with E-state index < -0.39 is 5.97 Å². The van der Waals surface area contributed by atoms with Crippen LogP contribution in [0, 0.1) is 0 Å². The van der Waals surface area contributed by atoms with Gasteiger partial charge in [0.05, 0.1) is 34.3 Å². The number of benzene rings is 2. The number of nitrogens with one attached hydrogen (secondary N) is 1. The molecule has 0 fully saturated rings. The number of carboxylic acid groups (broad SMARTS) is 1. The van der Waals surface area contributed by atoms with E-state index in [4.69, 9.17) is 4.74 Å². The third-order valence-corrected chi connectivity index (χ3v) is 5.41. The summed E-state index contributed by atoms with van der Waals surface area (Å²) in [5, 5.41) is 11.9. The molecule has 0 aliphatic rings. The number of rotatable bonds is 6. The SMILES string of the molecule is COc1ccc2c(c1)sc1nc(CCC(=O)Nc3ccccc3C(=O)O)cn12. The Kier molecular flexibility index (Phi) is 4.70. The lowest BCUT2D eigenvalue weighted by molar-refractivity contribution is -0.116. The van der Waals surface area contributed by atoms with Crippen LogP contribution in [0.2, 0.25) is 0 Å². The van der Waals surface area contributed by atoms with Crippen LogP contribution in [0.25, 0.3) is 15.2 Å². The van der Waals surface area contributed by atoms with Crippen molar-refractivity contribution in [1.29, 1.82) is 0 Å². The number of fused-ring (bicyclic) bond motifs is 3. The van der Waals surface area contributed by atoms with Gasteiger partial charge in [-0.05, 0) is 30.3 Å². The number of thiazole rings is 1. The van der Waals surface area contributed by atoms with Gasteiger partial charge in [-0.3, -0.25) is 9.20 Å². The van der Waals surface area contributed by atoms with Crippen molar-refractivity contribution in [2.45, 2.75) is 12.8 Å². The molecule has 4 rings (SSSR count). The van der Waals surface area contributed by atoms with Crippen molar-refractivity contribution in [3.63, 3.8) is 0 Å². The number of anilines is 1. The van der Waals surface area contributed by atoms with Crippen molar-refractivity contribution in [3.05, 3.63) is 59.9 Å². The lowest BCUT2D eigenvalue weighted by Crippen LogP contribution is -2.15. The number of ether oxygens (including phenoxy) is 1. The Labute approximate surface area is 164 Å². The summed E-state index contributed by atoms with van der Waals surface area (Å²) in [5.74, 6) is -0.524. The van der Waals surface area contributed by atoms with Gasteiger partial charge in [0.1, 0.15) is 5.75 Å². The first-order valence-corrected chi connectivity index (χ1v) is 9.43. The summed E-state index contributed by atoms with van der Waals surface area (Å²) < 4.78 is 8.34. The fraction of sp³-hybridized carbons (Fsp3) is 0.150. The number of amides is 1. The van der Waals surface area contributed by atoms with Gasteiger partial charge in [-0.15, -0.1) is 0 Å². The molecular weight excluding hydrogens is 378 g/mol. The van der Waals surface area contributed by atoms with Gasteiger partial charge in [0.25, 0.3) is 0 Å². The molecule has 0 unspecified atom stereocenters. The van der Waals surface area contributed by atoms with E-state index >= 15 is 0 Å². The molecule has 0 aliphatic carbocycles. The zero-order valence-corrected chi connectivity index (χ0v) is 15.8. The number of carbonyl (C=O) groups is 2. The van der Waals surface area contributed by atoms with Crippen LogP contribution < -0.4 is 10.1 Å². The van der Waals surface area contributed by atoms with E-state index in [0.29, 0.717) is 12.1 Å². The largest absolute Gasteiger partial charge is 0.497 e. The number of carbonyl (C=O) groups excluding carboxylic acids is 1. The highest BCUT2D eigenvalue weighted by molar-refractivity contribution is 7.23. The fourth-order valence-electron chi connectivity index (χ4n) is 3.01. The summed E-state index contributed by atoms with van der Waals surface area (Å²) >= 11 is 1.56. The van der Waals surface area contributed by atoms with E-state index in [0.717, 1.165) is 26.6 Å². The summed E-state index contributed by atoms with van der Waals surface area (Å²) in [6.07, 6.45) is 2.61. The molecule has 0 saturated heterocycles. The Morgan fingerprint density at radius 2 is 2.07 bits per heavy atom. The summed E-state index contributed by atoms with van der Waals surface area (Å²) in [6, 6.07) is 12.2. The number of nitrogens with zero attached hydrogens (tertiary/aromatic N) is 2. The summed E-state index contributed by atoms with van der Waals surface area (Å²) in [7, 11) is 1.64. The second kappa shape index (κ2) is 7.32. The predicted octanol–water partition coefficient (Wildman–Crippen LogP) is 3.83. The number of aromatic nitrogens is 2. The molecule has 142 valence electrons. The molecule has 0 atom stereocenters. The minimum Gasteiger partial charge on any atom is -0.497 e. The molecule has 28 heavy (non-hydrogen) atoms. The van der Waals surface area contributed by atoms with Crippen molar-refractivity contribution in [2.75, 3.05) is 12.4 Å². The molecule has 0 radical (unpaired) electrons. The molecular formula is C20H17N3O4S. The van der Waals surface area contributed by atoms with Gasteiger partial charge in [0, 0.05) is 19.0 Å². The molecule has 2 aromatic carbocycles. The van der Waals surface area contributed by atoms with E-state index in [2.05, 4.69) is 10.3 Å². The van der Waals surface area contributed by atoms with Crippen molar-refractivity contribution in [2.24, 2.45) is 0 Å². The van der Waals surface area contributed by atoms with Crippen molar-refractivity contribution in [3.8, 4) is 5.75 Å². The van der Waals surface area contributed by atoms with E-state index in [9.17, 15) is 14.7 Å². The first-order chi connectivity index (χ1) is 13.5. The molecule has 2 N–H and O–H groups in total. The summed E-state index contributed by atoms with van der Waals surface area (Å²) in [4.78, 5) is 28.9. The first-order valence-electron chi connectivity index (χ1n) is 8.62. The smallest absolute Gasteiger partial charge is 0.337 e. The van der Waals surface area contributed by atoms with Crippen molar-refractivity contribution in [1.82, 2.24) is 9.38 Å². The maximum absolute atomic E-state index is 12.2. The van der Waals surface area contributed by atoms with Crippen LogP contribution in [0.5, 0.6) is 5.75 Å².